The molecule has 2 heterocycles. The molecule has 1 N–H and O–H groups in total. The number of amides is 2. The van der Waals surface area contributed by atoms with E-state index in [0.717, 1.165) is 16.1 Å². The van der Waals surface area contributed by atoms with Gasteiger partial charge in [0.2, 0.25) is 0 Å². The molecule has 45 heavy (non-hydrogen) atoms. The molecule has 0 bridgehead atoms. The number of allylic oxidation sites excluding steroid dienone is 6. The second kappa shape index (κ2) is 11.1. The molecule has 6 rings (SSSR count). The highest BCUT2D eigenvalue weighted by molar-refractivity contribution is 9.12. The number of hydrogen-bond acceptors (Lipinski definition) is 8. The zero-order valence-electron chi connectivity index (χ0n) is 23.3. The number of imide groups is 1. The summed E-state index contributed by atoms with van der Waals surface area (Å²) in [7, 11) is 2.59. The number of methoxy groups -OCH3 is 1. The van der Waals surface area contributed by atoms with E-state index in [4.69, 9.17) is 16.3 Å². The quantitative estimate of drug-likeness (QED) is 0.227. The van der Waals surface area contributed by atoms with Crippen molar-refractivity contribution in [1.82, 2.24) is 9.99 Å². The topological polar surface area (TPSA) is 117 Å². The van der Waals surface area contributed by atoms with Crippen LogP contribution in [0.5, 0.6) is 11.5 Å². The number of pyridine rings is 1. The zero-order valence-corrected chi connectivity index (χ0v) is 27.2. The summed E-state index contributed by atoms with van der Waals surface area (Å²) >= 11 is 12.7. The van der Waals surface area contributed by atoms with Crippen molar-refractivity contribution in [3.63, 3.8) is 0 Å². The number of nitrogens with zero attached hydrogens (tertiary/aromatic N) is 3. The van der Waals surface area contributed by atoms with Gasteiger partial charge in [0.1, 0.15) is 5.69 Å². The third kappa shape index (κ3) is 4.92. The van der Waals surface area contributed by atoms with Gasteiger partial charge in [-0.05, 0) is 80.4 Å². The van der Waals surface area contributed by atoms with Crippen LogP contribution >= 0.6 is 43.5 Å². The molecule has 9 nitrogen and oxygen atoms in total. The molecule has 1 aliphatic heterocycles. The number of phenols is 1. The number of aromatic hydroxyl groups is 1. The first-order valence-corrected chi connectivity index (χ1v) is 15.4. The number of phenolic OH excluding ortho intramolecular Hbond substituents is 1. The highest BCUT2D eigenvalue weighted by Gasteiger charge is 2.58. The number of Topliss-reactive ketones (excluding diaryl/α,β-unsaturated/α-hetero) is 1. The number of hydrogen-bond donors (Lipinski definition) is 1. The molecule has 2 aromatic rings. The number of benzene rings is 1. The predicted molar refractivity (Wildman–Crippen MR) is 161 cm³/mol. The molecule has 0 spiro atoms. The fraction of sp³-hybridized carbons (Fsp3) is 0.300. The number of aromatic nitrogens is 1. The number of rotatable bonds is 4. The van der Waals surface area contributed by atoms with Crippen LogP contribution in [0.1, 0.15) is 30.0 Å². The number of fused-ring (bicyclic) bond motifs is 3. The lowest BCUT2D eigenvalue weighted by atomic mass is 9.59. The smallest absolute Gasteiger partial charge is 0.433 e. The Morgan fingerprint density at radius 3 is 2.49 bits per heavy atom. The SMILES string of the molecule is COc1cc([C@H]2C3=CC[C@@H]4C(=O)N(N(C)c5nc(C(F)(F)F)ccc5Cl)C(=O)[C@@H]4[C@@H]3CC3=C2C(=O)C=C(Br)C3=O)cc(Br)c1O. The van der Waals surface area contributed by atoms with E-state index in [9.17, 15) is 37.5 Å². The van der Waals surface area contributed by atoms with Gasteiger partial charge in [-0.3, -0.25) is 24.2 Å². The summed E-state index contributed by atoms with van der Waals surface area (Å²) in [6.07, 6.45) is -1.76. The third-order valence-electron chi connectivity index (χ3n) is 8.64. The first-order chi connectivity index (χ1) is 21.1. The molecular formula is C30H21Br2ClF3N3O6. The molecule has 0 unspecified atom stereocenters. The van der Waals surface area contributed by atoms with Gasteiger partial charge >= 0.3 is 6.18 Å². The average molecular weight is 772 g/mol. The highest BCUT2D eigenvalue weighted by Crippen LogP contribution is 2.56. The molecule has 0 saturated carbocycles. The van der Waals surface area contributed by atoms with Gasteiger partial charge in [-0.15, -0.1) is 0 Å². The van der Waals surface area contributed by atoms with Crippen LogP contribution < -0.4 is 9.75 Å². The van der Waals surface area contributed by atoms with Gasteiger partial charge in [0.15, 0.2) is 28.9 Å². The van der Waals surface area contributed by atoms with Crippen molar-refractivity contribution < 1.29 is 42.2 Å². The zero-order chi connectivity index (χ0) is 32.7. The minimum absolute atomic E-state index is 0.0259. The number of anilines is 1. The minimum atomic E-state index is -4.80. The Morgan fingerprint density at radius 1 is 1.11 bits per heavy atom. The van der Waals surface area contributed by atoms with Crippen molar-refractivity contribution in [2.75, 3.05) is 19.2 Å². The molecule has 4 aliphatic rings. The first kappa shape index (κ1) is 31.5. The number of carbonyl (C=O) groups excluding carboxylic acids is 4. The van der Waals surface area contributed by atoms with E-state index in [0.29, 0.717) is 17.2 Å². The molecule has 3 aliphatic carbocycles. The number of alkyl halides is 3. The summed E-state index contributed by atoms with van der Waals surface area (Å²) in [4.78, 5) is 58.3. The lowest BCUT2D eigenvalue weighted by Crippen LogP contribution is -2.46. The van der Waals surface area contributed by atoms with Gasteiger partial charge in [-0.25, -0.2) is 4.98 Å². The van der Waals surface area contributed by atoms with Crippen molar-refractivity contribution in [2.24, 2.45) is 17.8 Å². The summed E-state index contributed by atoms with van der Waals surface area (Å²) in [5, 5.41) is 11.9. The van der Waals surface area contributed by atoms with Crippen LogP contribution in [-0.4, -0.2) is 52.6 Å². The maximum atomic E-state index is 14.1. The van der Waals surface area contributed by atoms with Crippen molar-refractivity contribution in [2.45, 2.75) is 24.9 Å². The highest BCUT2D eigenvalue weighted by atomic mass is 79.9. The number of ether oxygens (including phenoxy) is 1. The maximum Gasteiger partial charge on any atom is 0.433 e. The van der Waals surface area contributed by atoms with Crippen molar-refractivity contribution in [3.05, 3.63) is 78.4 Å². The number of carbonyl (C=O) groups is 4. The summed E-state index contributed by atoms with van der Waals surface area (Å²) < 4.78 is 46.0. The van der Waals surface area contributed by atoms with E-state index in [2.05, 4.69) is 36.8 Å². The summed E-state index contributed by atoms with van der Waals surface area (Å²) in [6, 6.07) is 4.82. The van der Waals surface area contributed by atoms with E-state index < -0.39 is 64.7 Å². The summed E-state index contributed by atoms with van der Waals surface area (Å²) in [6.45, 7) is 0. The Kier molecular flexibility index (Phi) is 7.76. The summed E-state index contributed by atoms with van der Waals surface area (Å²) in [5.41, 5.74) is 0.271. The number of halogens is 6. The van der Waals surface area contributed by atoms with Crippen LogP contribution in [0.4, 0.5) is 19.0 Å². The molecule has 234 valence electrons. The minimum Gasteiger partial charge on any atom is -0.503 e. The van der Waals surface area contributed by atoms with Crippen LogP contribution in [0.25, 0.3) is 0 Å². The van der Waals surface area contributed by atoms with Crippen molar-refractivity contribution in [1.29, 1.82) is 0 Å². The third-order valence-corrected chi connectivity index (χ3v) is 10.1. The van der Waals surface area contributed by atoms with Crippen molar-refractivity contribution in [3.8, 4) is 11.5 Å². The predicted octanol–water partition coefficient (Wildman–Crippen LogP) is 6.04. The van der Waals surface area contributed by atoms with E-state index in [1.165, 1.54) is 20.2 Å². The molecule has 1 fully saturated rings. The Hall–Kier alpha value is -3.49. The lowest BCUT2D eigenvalue weighted by molar-refractivity contribution is -0.141. The van der Waals surface area contributed by atoms with Gasteiger partial charge in [0.25, 0.3) is 11.8 Å². The molecule has 0 radical (unpaired) electrons. The molecule has 4 atom stereocenters. The van der Waals surface area contributed by atoms with Crippen LogP contribution in [0.15, 0.2) is 62.1 Å². The molecular weight excluding hydrogens is 751 g/mol. The van der Waals surface area contributed by atoms with E-state index in [1.54, 1.807) is 18.2 Å². The van der Waals surface area contributed by atoms with Crippen LogP contribution in [0.3, 0.4) is 0 Å². The fourth-order valence-electron chi connectivity index (χ4n) is 6.69. The molecule has 15 heteroatoms. The Morgan fingerprint density at radius 2 is 1.82 bits per heavy atom. The molecule has 1 aromatic carbocycles. The van der Waals surface area contributed by atoms with Gasteiger partial charge in [-0.2, -0.15) is 18.2 Å². The normalized spacial score (nSPS) is 24.7. The largest absolute Gasteiger partial charge is 0.503 e. The van der Waals surface area contributed by atoms with Crippen molar-refractivity contribution >= 4 is 72.7 Å². The van der Waals surface area contributed by atoms with Crippen LogP contribution in [0.2, 0.25) is 5.02 Å². The maximum absolute atomic E-state index is 14.1. The summed E-state index contributed by atoms with van der Waals surface area (Å²) in [5.74, 6) is -6.15. The van der Waals surface area contributed by atoms with Gasteiger partial charge in [-0.1, -0.05) is 23.3 Å². The average Bonchev–Trinajstić information content (AvgIpc) is 3.24. The van der Waals surface area contributed by atoms with Gasteiger partial charge in [0, 0.05) is 30.2 Å². The molecule has 2 amide bonds. The standard InChI is InChI=1S/C30H21Br2ClF3N3O6/c1-38(27-18(33)5-6-21(37-27)30(34,35)36)39-28(43)13-4-3-12-14(23(13)29(39)44)9-15-24(19(40)10-17(32)25(15)41)22(12)11-7-16(31)26(42)20(8-11)45-2/h3,5-8,10,13-14,22-23,42H,4,9H2,1-2H3/t13-,14+,22-,23-/m0/s1. The van der Waals surface area contributed by atoms with E-state index in [1.807, 2.05) is 0 Å². The second-order valence-corrected chi connectivity index (χ2v) is 13.1. The van der Waals surface area contributed by atoms with Crippen LogP contribution in [0, 0.1) is 17.8 Å². The van der Waals surface area contributed by atoms with Gasteiger partial charge < -0.3 is 9.84 Å². The number of hydrazine groups is 1. The van der Waals surface area contributed by atoms with E-state index >= 15 is 0 Å². The Bertz CT molecular complexity index is 1820. The second-order valence-electron chi connectivity index (χ2n) is 11.0. The first-order valence-electron chi connectivity index (χ1n) is 13.5. The van der Waals surface area contributed by atoms with Gasteiger partial charge in [0.05, 0.1) is 32.9 Å². The Labute approximate surface area is 275 Å². The number of ketones is 2. The Balaban J connectivity index is 1.45. The lowest BCUT2D eigenvalue weighted by Gasteiger charge is -2.42. The van der Waals surface area contributed by atoms with Crippen LogP contribution in [-0.2, 0) is 25.4 Å². The molecule has 1 saturated heterocycles. The monoisotopic (exact) mass is 769 g/mol. The van der Waals surface area contributed by atoms with E-state index in [-0.39, 0.29) is 49.5 Å². The fourth-order valence-corrected chi connectivity index (χ4v) is 7.83. The molecule has 1 aromatic heterocycles.